The zero-order valence-corrected chi connectivity index (χ0v) is 7.61. The minimum absolute atomic E-state index is 0. The molecule has 0 saturated heterocycles. The van der Waals surface area contributed by atoms with Gasteiger partial charge in [0.2, 0.25) is 0 Å². The van der Waals surface area contributed by atoms with E-state index in [9.17, 15) is 0 Å². The fourth-order valence-electron chi connectivity index (χ4n) is 0. The maximum Gasteiger partial charge on any atom is 0 e. The Hall–Kier alpha value is 2.10. The van der Waals surface area contributed by atoms with Gasteiger partial charge in [-0.05, 0) is 0 Å². The Kier molecular flexibility index (Phi) is 198. The minimum atomic E-state index is 0. The first-order valence-electron chi connectivity index (χ1n) is 0.154. The standard InChI is InChI=1S/Li.Mn.Ni.O.W.H/q+1;;;;;-1. The van der Waals surface area contributed by atoms with Crippen LogP contribution in [0.25, 0.3) is 0 Å². The van der Waals surface area contributed by atoms with Gasteiger partial charge in [0.25, 0.3) is 0 Å². The third-order valence-corrected chi connectivity index (χ3v) is 0. The monoisotopic (exact) mass is 321 g/mol. The van der Waals surface area contributed by atoms with E-state index in [0.717, 1.165) is 0 Å². The smallest absolute Gasteiger partial charge is 0 e. The molecule has 0 rings (SSSR count). The summed E-state index contributed by atoms with van der Waals surface area (Å²) < 4.78 is 8.06. The van der Waals surface area contributed by atoms with Gasteiger partial charge in [0.15, 0.2) is 0 Å². The second kappa shape index (κ2) is 36.0. The summed E-state index contributed by atoms with van der Waals surface area (Å²) in [4.78, 5) is 0. The van der Waals surface area contributed by atoms with Gasteiger partial charge in [-0.3, -0.25) is 0 Å². The van der Waals surface area contributed by atoms with Crippen LogP contribution in [0.1, 0.15) is 1.43 Å². The summed E-state index contributed by atoms with van der Waals surface area (Å²) in [5.74, 6) is 0. The maximum absolute atomic E-state index is 8.06. The summed E-state index contributed by atoms with van der Waals surface area (Å²) in [6.07, 6.45) is 0. The molecule has 0 aromatic rings. The van der Waals surface area contributed by atoms with Crippen molar-refractivity contribution in [2.45, 2.75) is 0 Å². The van der Waals surface area contributed by atoms with Crippen molar-refractivity contribution in [2.75, 3.05) is 0 Å². The van der Waals surface area contributed by atoms with Crippen molar-refractivity contribution < 1.29 is 77.6 Å². The molecule has 0 saturated carbocycles. The second-order valence-electron chi connectivity index (χ2n) is 0. The normalized spacial score (nSPS) is 0.800. The second-order valence-corrected chi connectivity index (χ2v) is 0. The predicted octanol–water partition coefficient (Wildman–Crippen LogP) is -3.01. The zero-order chi connectivity index (χ0) is 2.00. The van der Waals surface area contributed by atoms with E-state index in [2.05, 4.69) is 0 Å². The summed E-state index contributed by atoms with van der Waals surface area (Å²) >= 11 is 1.69. The van der Waals surface area contributed by atoms with Crippen LogP contribution in [0, 0.1) is 0 Å². The van der Waals surface area contributed by atoms with Crippen molar-refractivity contribution in [3.63, 3.8) is 0 Å². The van der Waals surface area contributed by atoms with E-state index in [1.165, 1.54) is 0 Å². The summed E-state index contributed by atoms with van der Waals surface area (Å²) in [6.45, 7) is 0. The largest absolute Gasteiger partial charge is 0 e. The minimum Gasteiger partial charge on any atom is 0 e. The quantitative estimate of drug-likeness (QED) is 0.435. The molecule has 0 spiro atoms. The molecular formula is HLiMnNiOW. The Morgan fingerprint density at radius 3 is 1.40 bits per heavy atom. The Labute approximate surface area is 76.9 Å². The van der Waals surface area contributed by atoms with Gasteiger partial charge in [0.1, 0.15) is 0 Å². The Morgan fingerprint density at radius 2 is 1.40 bits per heavy atom. The van der Waals surface area contributed by atoms with Crippen LogP contribution in [0.4, 0.5) is 0 Å². The molecule has 0 radical (unpaired) electrons. The van der Waals surface area contributed by atoms with Crippen LogP contribution in [-0.2, 0) is 57.3 Å². The molecule has 0 aromatic carbocycles. The van der Waals surface area contributed by atoms with Gasteiger partial charge in [0.05, 0.1) is 0 Å². The Balaban J connectivity index is -0.000000000833. The van der Waals surface area contributed by atoms with Gasteiger partial charge in [-0.25, -0.2) is 0 Å². The van der Waals surface area contributed by atoms with Crippen molar-refractivity contribution >= 4 is 0 Å². The van der Waals surface area contributed by atoms with Crippen molar-refractivity contribution in [3.8, 4) is 0 Å². The van der Waals surface area contributed by atoms with E-state index in [1.54, 1.807) is 15.9 Å². The molecule has 0 fully saturated rings. The van der Waals surface area contributed by atoms with Crippen molar-refractivity contribution in [1.29, 1.82) is 0 Å². The van der Waals surface area contributed by atoms with E-state index in [0.29, 0.717) is 0 Å². The molecule has 0 aliphatic heterocycles. The number of hydrogen-bond donors (Lipinski definition) is 0. The fourth-order valence-corrected chi connectivity index (χ4v) is 0. The molecule has 0 heterocycles. The first kappa shape index (κ1) is 27.5. The van der Waals surface area contributed by atoms with Gasteiger partial charge >= 0.3 is 38.6 Å². The summed E-state index contributed by atoms with van der Waals surface area (Å²) in [6, 6.07) is 0. The molecule has 0 N–H and O–H groups in total. The van der Waals surface area contributed by atoms with Crippen LogP contribution < -0.4 is 18.9 Å². The molecule has 0 aliphatic rings. The van der Waals surface area contributed by atoms with Crippen molar-refractivity contribution in [1.82, 2.24) is 0 Å². The Bertz CT molecular complexity index is 15.5. The third kappa shape index (κ3) is 23.3. The molecule has 31 valence electrons. The molecule has 5 heteroatoms. The van der Waals surface area contributed by atoms with Gasteiger partial charge in [-0.2, -0.15) is 0 Å². The van der Waals surface area contributed by atoms with E-state index in [4.69, 9.17) is 3.83 Å². The van der Waals surface area contributed by atoms with E-state index in [1.807, 2.05) is 0 Å². The van der Waals surface area contributed by atoms with Gasteiger partial charge in [0, 0.05) is 37.6 Å². The van der Waals surface area contributed by atoms with E-state index >= 15 is 0 Å². The summed E-state index contributed by atoms with van der Waals surface area (Å²) in [7, 11) is 0. The topological polar surface area (TPSA) is 17.1 Å². The molecule has 1 nitrogen and oxygen atoms in total. The molecule has 0 atom stereocenters. The van der Waals surface area contributed by atoms with Crippen molar-refractivity contribution in [2.24, 2.45) is 0 Å². The Morgan fingerprint density at radius 1 is 1.40 bits per heavy atom. The zero-order valence-electron chi connectivity index (χ0n) is 3.51. The van der Waals surface area contributed by atoms with Crippen LogP contribution in [0.3, 0.4) is 0 Å². The molecular weight excluding hydrogens is 320 g/mol. The van der Waals surface area contributed by atoms with Crippen LogP contribution in [0.5, 0.6) is 0 Å². The van der Waals surface area contributed by atoms with Crippen LogP contribution in [0.15, 0.2) is 0 Å². The average Bonchev–Trinajstić information content (AvgIpc) is 1.00. The molecule has 0 bridgehead atoms. The third-order valence-electron chi connectivity index (χ3n) is 0. The SMILES string of the molecule is [H-].[Li+].[Ni].[O]=[Mn].[W]. The first-order valence-corrected chi connectivity index (χ1v) is 0.636. The van der Waals surface area contributed by atoms with Crippen LogP contribution >= 0.6 is 0 Å². The molecule has 0 aliphatic carbocycles. The first-order chi connectivity index (χ1) is 1.00. The van der Waals surface area contributed by atoms with Gasteiger partial charge in [-0.1, -0.05) is 0 Å². The molecule has 5 heavy (non-hydrogen) atoms. The number of rotatable bonds is 0. The fraction of sp³-hybridized carbons (Fsp3) is 0. The predicted molar refractivity (Wildman–Crippen MR) is 1.80 cm³/mol. The molecule has 0 aromatic heterocycles. The van der Waals surface area contributed by atoms with E-state index < -0.39 is 0 Å². The van der Waals surface area contributed by atoms with Crippen molar-refractivity contribution in [3.05, 3.63) is 0 Å². The van der Waals surface area contributed by atoms with Gasteiger partial charge in [-0.15, -0.1) is 0 Å². The van der Waals surface area contributed by atoms with Crippen LogP contribution in [0.2, 0.25) is 0 Å². The van der Waals surface area contributed by atoms with Crippen LogP contribution in [-0.4, -0.2) is 0 Å². The average molecular weight is 321 g/mol. The summed E-state index contributed by atoms with van der Waals surface area (Å²) in [5.41, 5.74) is 0. The number of hydrogen-bond acceptors (Lipinski definition) is 1. The van der Waals surface area contributed by atoms with E-state index in [-0.39, 0.29) is 57.8 Å². The maximum atomic E-state index is 8.06. The molecule has 0 unspecified atom stereocenters. The molecule has 0 amide bonds. The van der Waals surface area contributed by atoms with Gasteiger partial charge < -0.3 is 1.43 Å². The summed E-state index contributed by atoms with van der Waals surface area (Å²) in [5, 5.41) is 0.